The summed E-state index contributed by atoms with van der Waals surface area (Å²) in [6.07, 6.45) is -0.0324. The van der Waals surface area contributed by atoms with Crippen LogP contribution in [-0.2, 0) is 32.3 Å². The third kappa shape index (κ3) is 11.7. The summed E-state index contributed by atoms with van der Waals surface area (Å²) in [5.41, 5.74) is 12.6. The minimum atomic E-state index is -1.48. The molecule has 0 aromatic heterocycles. The maximum atomic E-state index is 12.9. The number of carboxylic acids is 1. The quantitative estimate of drug-likeness (QED) is 0.0854. The van der Waals surface area contributed by atoms with Crippen molar-refractivity contribution < 1.29 is 29.0 Å². The number of hydrogen-bond donors (Lipinski definition) is 6. The van der Waals surface area contributed by atoms with E-state index in [1.54, 1.807) is 30.2 Å². The highest BCUT2D eigenvalue weighted by Crippen LogP contribution is 2.09. The minimum absolute atomic E-state index is 0.0877. The van der Waals surface area contributed by atoms with Crippen molar-refractivity contribution >= 4 is 35.4 Å². The van der Waals surface area contributed by atoms with E-state index >= 15 is 0 Å². The van der Waals surface area contributed by atoms with E-state index in [1.165, 1.54) is 0 Å². The summed E-state index contributed by atoms with van der Waals surface area (Å²) in [4.78, 5) is 48.7. The number of carbonyl (C=O) groups excluding carboxylic acids is 3. The van der Waals surface area contributed by atoms with Crippen LogP contribution in [0.5, 0.6) is 0 Å². The van der Waals surface area contributed by atoms with Crippen LogP contribution >= 0.6 is 11.6 Å². The van der Waals surface area contributed by atoms with Crippen LogP contribution in [0.15, 0.2) is 60.2 Å². The van der Waals surface area contributed by atoms with Gasteiger partial charge in [0, 0.05) is 11.6 Å². The second kappa shape index (κ2) is 17.4. The number of ether oxygens (including phenoxy) is 1. The number of hydrogen-bond acceptors (Lipinski definition) is 7. The van der Waals surface area contributed by atoms with E-state index in [4.69, 9.17) is 27.8 Å². The Kier molecular flexibility index (Phi) is 14.0. The summed E-state index contributed by atoms with van der Waals surface area (Å²) in [6.45, 7) is 0.569. The summed E-state index contributed by atoms with van der Waals surface area (Å²) in [5, 5.41) is 17.2. The van der Waals surface area contributed by atoms with Crippen LogP contribution < -0.4 is 27.4 Å². The first-order valence-electron chi connectivity index (χ1n) is 12.4. The number of rotatable bonds is 14. The predicted octanol–water partition coefficient (Wildman–Crippen LogP) is 1.47. The fraction of sp³-hybridized carbons (Fsp3) is 0.321. The third-order valence-electron chi connectivity index (χ3n) is 5.49. The molecule has 3 unspecified atom stereocenters. The van der Waals surface area contributed by atoms with Gasteiger partial charge in [-0.15, -0.1) is 0 Å². The zero-order chi connectivity index (χ0) is 29.3. The monoisotopic (exact) mass is 569 g/mol. The predicted molar refractivity (Wildman–Crippen MR) is 149 cm³/mol. The standard InChI is InChI=1S/C28H32ClN5O6/c29-22-12-9-19(10-13-22)16-32-26(36)23(33-28(39)34-24(27(37)38)8-4-5-15-30)14-11-21(17-35)25(31)40-18-20-6-2-1-3-7-20/h1-3,6-7,9-10,12-13,23-25H,4-5,8,15-16,18,30-31H2,(H,32,36)(H,37,38)(H2,33,34,39). The van der Waals surface area contributed by atoms with Crippen molar-refractivity contribution in [1.29, 1.82) is 0 Å². The van der Waals surface area contributed by atoms with Crippen LogP contribution in [0.3, 0.4) is 0 Å². The Morgan fingerprint density at radius 1 is 1.00 bits per heavy atom. The number of nitrogens with one attached hydrogen (secondary N) is 3. The van der Waals surface area contributed by atoms with E-state index in [0.717, 1.165) is 11.1 Å². The van der Waals surface area contributed by atoms with Crippen LogP contribution in [0.2, 0.25) is 5.02 Å². The van der Waals surface area contributed by atoms with Crippen molar-refractivity contribution in [1.82, 2.24) is 16.0 Å². The van der Waals surface area contributed by atoms with Gasteiger partial charge in [0.25, 0.3) is 5.91 Å². The van der Waals surface area contributed by atoms with E-state index < -0.39 is 36.2 Å². The first-order chi connectivity index (χ1) is 19.2. The average Bonchev–Trinajstić information content (AvgIpc) is 2.95. The number of urea groups is 1. The number of nitrogens with two attached hydrogens (primary N) is 2. The Labute approximate surface area is 237 Å². The zero-order valence-electron chi connectivity index (χ0n) is 21.7. The molecular formula is C28H32ClN5O6. The largest absolute Gasteiger partial charge is 0.480 e. The first-order valence-corrected chi connectivity index (χ1v) is 12.8. The summed E-state index contributed by atoms with van der Waals surface area (Å²) >= 11 is 5.89. The maximum Gasteiger partial charge on any atom is 0.326 e. The Morgan fingerprint density at radius 2 is 1.70 bits per heavy atom. The number of aliphatic carboxylic acids is 1. The fourth-order valence-corrected chi connectivity index (χ4v) is 3.42. The second-order valence-electron chi connectivity index (χ2n) is 8.57. The Balaban J connectivity index is 2.15. The molecule has 0 aliphatic heterocycles. The Hall–Kier alpha value is -4.17. The molecule has 0 heterocycles. The highest BCUT2D eigenvalue weighted by atomic mass is 35.5. The number of carboxylic acid groups (broad SMARTS) is 1. The van der Waals surface area contributed by atoms with Crippen molar-refractivity contribution in [3.05, 3.63) is 76.3 Å². The normalized spacial score (nSPS) is 12.5. The van der Waals surface area contributed by atoms with Gasteiger partial charge in [-0.1, -0.05) is 65.9 Å². The molecule has 0 aliphatic carbocycles. The molecule has 3 atom stereocenters. The van der Waals surface area contributed by atoms with Gasteiger partial charge in [0.1, 0.15) is 17.6 Å². The third-order valence-corrected chi connectivity index (χ3v) is 5.74. The van der Waals surface area contributed by atoms with Crippen LogP contribution in [0, 0.1) is 11.8 Å². The van der Waals surface area contributed by atoms with E-state index in [0.29, 0.717) is 24.4 Å². The molecule has 2 aromatic rings. The molecule has 0 saturated carbocycles. The van der Waals surface area contributed by atoms with E-state index in [-0.39, 0.29) is 25.1 Å². The lowest BCUT2D eigenvalue weighted by Crippen LogP contribution is -2.52. The van der Waals surface area contributed by atoms with E-state index in [9.17, 15) is 24.3 Å². The van der Waals surface area contributed by atoms with Gasteiger partial charge in [-0.05, 0) is 49.1 Å². The molecule has 8 N–H and O–H groups in total. The van der Waals surface area contributed by atoms with Crippen molar-refractivity contribution in [3.8, 4) is 11.8 Å². The van der Waals surface area contributed by atoms with Crippen molar-refractivity contribution in [3.63, 3.8) is 0 Å². The van der Waals surface area contributed by atoms with E-state index in [1.807, 2.05) is 30.3 Å². The number of amides is 3. The summed E-state index contributed by atoms with van der Waals surface area (Å²) in [6, 6.07) is 12.2. The van der Waals surface area contributed by atoms with Gasteiger partial charge in [0.05, 0.1) is 6.61 Å². The number of halogens is 1. The topological polar surface area (TPSA) is 186 Å². The first kappa shape index (κ1) is 32.0. The lowest BCUT2D eigenvalue weighted by atomic mass is 10.1. The highest BCUT2D eigenvalue weighted by Gasteiger charge is 2.24. The van der Waals surface area contributed by atoms with Gasteiger partial charge < -0.3 is 37.3 Å². The van der Waals surface area contributed by atoms with Gasteiger partial charge >= 0.3 is 12.0 Å². The molecule has 212 valence electrons. The molecule has 2 aromatic carbocycles. The Bertz CT molecular complexity index is 1240. The molecular weight excluding hydrogens is 538 g/mol. The lowest BCUT2D eigenvalue weighted by Gasteiger charge is -2.18. The zero-order valence-corrected chi connectivity index (χ0v) is 22.4. The summed E-state index contributed by atoms with van der Waals surface area (Å²) in [7, 11) is 0. The molecule has 12 heteroatoms. The van der Waals surface area contributed by atoms with Crippen LogP contribution in [-0.4, -0.2) is 53.8 Å². The molecule has 0 saturated heterocycles. The molecule has 3 amide bonds. The van der Waals surface area contributed by atoms with Gasteiger partial charge in [-0.3, -0.25) is 4.79 Å². The summed E-state index contributed by atoms with van der Waals surface area (Å²) < 4.78 is 5.49. The van der Waals surface area contributed by atoms with E-state index in [2.05, 4.69) is 27.8 Å². The molecule has 40 heavy (non-hydrogen) atoms. The number of benzene rings is 2. The summed E-state index contributed by atoms with van der Waals surface area (Å²) in [5.74, 6) is 4.61. The second-order valence-corrected chi connectivity index (χ2v) is 9.01. The fourth-order valence-electron chi connectivity index (χ4n) is 3.29. The molecule has 0 aliphatic rings. The molecule has 2 rings (SSSR count). The number of carbonyl (C=O) groups is 3. The highest BCUT2D eigenvalue weighted by molar-refractivity contribution is 6.30. The van der Waals surface area contributed by atoms with Gasteiger partial charge in [0.15, 0.2) is 12.3 Å². The van der Waals surface area contributed by atoms with Gasteiger partial charge in [-0.2, -0.15) is 0 Å². The minimum Gasteiger partial charge on any atom is -0.480 e. The molecule has 11 nitrogen and oxygen atoms in total. The van der Waals surface area contributed by atoms with Crippen molar-refractivity contribution in [2.24, 2.45) is 11.5 Å². The van der Waals surface area contributed by atoms with Crippen LogP contribution in [0.4, 0.5) is 4.79 Å². The van der Waals surface area contributed by atoms with Crippen LogP contribution in [0.1, 0.15) is 30.4 Å². The maximum absolute atomic E-state index is 12.9. The Morgan fingerprint density at radius 3 is 2.33 bits per heavy atom. The van der Waals surface area contributed by atoms with Gasteiger partial charge in [-0.25, -0.2) is 14.4 Å². The van der Waals surface area contributed by atoms with Gasteiger partial charge in [0.2, 0.25) is 0 Å². The molecule has 0 bridgehead atoms. The number of unbranched alkanes of at least 4 members (excludes halogenated alkanes) is 1. The van der Waals surface area contributed by atoms with Crippen molar-refractivity contribution in [2.45, 2.75) is 50.7 Å². The average molecular weight is 570 g/mol. The molecule has 0 spiro atoms. The molecule has 0 fully saturated rings. The lowest BCUT2D eigenvalue weighted by molar-refractivity contribution is -0.139. The smallest absolute Gasteiger partial charge is 0.326 e. The SMILES string of the molecule is NCCCCC(NC(=O)NC(C#CC(=C=O)C(N)OCc1ccccc1)C(=O)NCc1ccc(Cl)cc1)C(=O)O. The van der Waals surface area contributed by atoms with Crippen LogP contribution in [0.25, 0.3) is 0 Å². The van der Waals surface area contributed by atoms with Crippen molar-refractivity contribution in [2.75, 3.05) is 6.54 Å². The molecule has 0 radical (unpaired) electrons.